The summed E-state index contributed by atoms with van der Waals surface area (Å²) in [6.45, 7) is 1.93. The molecule has 1 aromatic heterocycles. The van der Waals surface area contributed by atoms with Crippen molar-refractivity contribution >= 4 is 17.1 Å². The van der Waals surface area contributed by atoms with Crippen LogP contribution in [0.15, 0.2) is 65.0 Å². The van der Waals surface area contributed by atoms with Crippen molar-refractivity contribution in [1.29, 1.82) is 5.26 Å². The topological polar surface area (TPSA) is 52.9 Å². The average Bonchev–Trinajstić information content (AvgIpc) is 3.11. The van der Waals surface area contributed by atoms with Crippen LogP contribution >= 0.6 is 11.3 Å². The molecule has 2 aliphatic rings. The lowest BCUT2D eigenvalue weighted by atomic mass is 9.78. The van der Waals surface area contributed by atoms with Crippen molar-refractivity contribution in [2.75, 3.05) is 0 Å². The number of Topliss-reactive ketones (excluding diaryl/α,β-unsaturated/α-hetero) is 1. The van der Waals surface area contributed by atoms with Gasteiger partial charge in [0.25, 0.3) is 0 Å². The third-order valence-corrected chi connectivity index (χ3v) is 6.07. The number of allylic oxidation sites excluding steroid dienone is 4. The molecular formula is C21H18N2OS. The Balaban J connectivity index is 1.82. The third-order valence-electron chi connectivity index (χ3n) is 4.87. The largest absolute Gasteiger partial charge is 0.361 e. The molecule has 1 atom stereocenters. The van der Waals surface area contributed by atoms with Crippen molar-refractivity contribution in [2.24, 2.45) is 0 Å². The van der Waals surface area contributed by atoms with E-state index >= 15 is 0 Å². The van der Waals surface area contributed by atoms with Crippen molar-refractivity contribution in [1.82, 2.24) is 5.32 Å². The minimum absolute atomic E-state index is 0.175. The number of rotatable bonds is 2. The summed E-state index contributed by atoms with van der Waals surface area (Å²) < 4.78 is 0. The Morgan fingerprint density at radius 1 is 1.16 bits per heavy atom. The molecule has 4 heteroatoms. The van der Waals surface area contributed by atoms with Crippen LogP contribution in [0.2, 0.25) is 0 Å². The van der Waals surface area contributed by atoms with Gasteiger partial charge >= 0.3 is 0 Å². The van der Waals surface area contributed by atoms with Crippen LogP contribution in [0.1, 0.15) is 37.0 Å². The van der Waals surface area contributed by atoms with Gasteiger partial charge in [-0.3, -0.25) is 4.79 Å². The number of hydrogen-bond acceptors (Lipinski definition) is 4. The van der Waals surface area contributed by atoms with E-state index in [4.69, 9.17) is 0 Å². The monoisotopic (exact) mass is 346 g/mol. The molecule has 2 heterocycles. The van der Waals surface area contributed by atoms with E-state index in [1.54, 1.807) is 11.3 Å². The van der Waals surface area contributed by atoms with Crippen LogP contribution in [-0.2, 0) is 4.79 Å². The number of nitrogens with zero attached hydrogens (tertiary/aromatic N) is 1. The van der Waals surface area contributed by atoms with Crippen LogP contribution in [0.5, 0.6) is 0 Å². The Kier molecular flexibility index (Phi) is 4.03. The quantitative estimate of drug-likeness (QED) is 0.841. The number of thiophene rings is 1. The lowest BCUT2D eigenvalue weighted by Gasteiger charge is -2.32. The Bertz CT molecular complexity index is 944. The van der Waals surface area contributed by atoms with Gasteiger partial charge in [0.05, 0.1) is 17.6 Å². The van der Waals surface area contributed by atoms with Crippen molar-refractivity contribution in [3.05, 3.63) is 69.9 Å². The summed E-state index contributed by atoms with van der Waals surface area (Å²) in [6, 6.07) is 16.7. The Morgan fingerprint density at radius 3 is 2.72 bits per heavy atom. The van der Waals surface area contributed by atoms with E-state index in [-0.39, 0.29) is 11.7 Å². The van der Waals surface area contributed by atoms with Gasteiger partial charge in [-0.15, -0.1) is 11.3 Å². The van der Waals surface area contributed by atoms with Crippen LogP contribution in [0.25, 0.3) is 10.4 Å². The Morgan fingerprint density at radius 2 is 1.96 bits per heavy atom. The highest BCUT2D eigenvalue weighted by atomic mass is 32.1. The second-order valence-electron chi connectivity index (χ2n) is 6.45. The molecule has 124 valence electrons. The summed E-state index contributed by atoms with van der Waals surface area (Å²) in [5.41, 5.74) is 4.50. The number of benzene rings is 1. The van der Waals surface area contributed by atoms with Crippen molar-refractivity contribution < 1.29 is 4.79 Å². The highest BCUT2D eigenvalue weighted by molar-refractivity contribution is 7.15. The maximum atomic E-state index is 12.6. The lowest BCUT2D eigenvalue weighted by molar-refractivity contribution is -0.116. The van der Waals surface area contributed by atoms with Crippen LogP contribution in [0.4, 0.5) is 0 Å². The fraction of sp³-hybridized carbons (Fsp3) is 0.238. The first-order valence-corrected chi connectivity index (χ1v) is 9.30. The van der Waals surface area contributed by atoms with E-state index in [0.717, 1.165) is 45.1 Å². The fourth-order valence-electron chi connectivity index (χ4n) is 3.68. The standard InChI is InChI=1S/C21H18N2OS/c1-13-15(12-22)20(21-16(23-13)8-5-9-17(21)24)19-11-10-18(25-19)14-6-3-2-4-7-14/h2-4,6-7,10-11,20,23H,5,8-9H2,1H3/t20-/m0/s1. The first-order valence-electron chi connectivity index (χ1n) is 8.48. The zero-order chi connectivity index (χ0) is 17.4. The molecule has 1 aliphatic carbocycles. The number of carbonyl (C=O) groups excluding carboxylic acids is 1. The summed E-state index contributed by atoms with van der Waals surface area (Å²) in [4.78, 5) is 14.9. The zero-order valence-electron chi connectivity index (χ0n) is 14.0. The number of dihydropyridines is 1. The second kappa shape index (κ2) is 6.34. The Labute approximate surface area is 151 Å². The van der Waals surface area contributed by atoms with Gasteiger partial charge in [-0.2, -0.15) is 5.26 Å². The van der Waals surface area contributed by atoms with E-state index in [1.165, 1.54) is 0 Å². The molecule has 3 nitrogen and oxygen atoms in total. The van der Waals surface area contributed by atoms with Gasteiger partial charge in [-0.05, 0) is 37.5 Å². The van der Waals surface area contributed by atoms with Gasteiger partial charge in [0.1, 0.15) is 0 Å². The number of ketones is 1. The molecule has 2 aromatic rings. The van der Waals surface area contributed by atoms with Gasteiger partial charge in [0.2, 0.25) is 0 Å². The fourth-order valence-corrected chi connectivity index (χ4v) is 4.81. The third kappa shape index (κ3) is 2.71. The molecule has 4 rings (SSSR count). The van der Waals surface area contributed by atoms with Crippen LogP contribution in [-0.4, -0.2) is 5.78 Å². The minimum atomic E-state index is -0.225. The van der Waals surface area contributed by atoms with Gasteiger partial charge in [-0.1, -0.05) is 30.3 Å². The predicted octanol–water partition coefficient (Wildman–Crippen LogP) is 4.91. The van der Waals surface area contributed by atoms with Gasteiger partial charge in [0.15, 0.2) is 5.78 Å². The number of hydrogen-bond donors (Lipinski definition) is 1. The highest BCUT2D eigenvalue weighted by Crippen LogP contribution is 2.45. The molecule has 0 fully saturated rings. The van der Waals surface area contributed by atoms with E-state index in [0.29, 0.717) is 12.0 Å². The van der Waals surface area contributed by atoms with Crippen LogP contribution < -0.4 is 5.32 Å². The van der Waals surface area contributed by atoms with E-state index < -0.39 is 0 Å². The molecule has 0 bridgehead atoms. The molecular weight excluding hydrogens is 328 g/mol. The van der Waals surface area contributed by atoms with Gasteiger partial charge in [-0.25, -0.2) is 0 Å². The SMILES string of the molecule is CC1=C(C#N)[C@@H](c2ccc(-c3ccccc3)s2)C2=C(CCCC2=O)N1. The molecule has 0 saturated carbocycles. The highest BCUT2D eigenvalue weighted by Gasteiger charge is 2.36. The van der Waals surface area contributed by atoms with Crippen molar-refractivity contribution in [2.45, 2.75) is 32.1 Å². The Hall–Kier alpha value is -2.64. The maximum Gasteiger partial charge on any atom is 0.161 e. The van der Waals surface area contributed by atoms with Gasteiger partial charge < -0.3 is 5.32 Å². The van der Waals surface area contributed by atoms with Crippen LogP contribution in [0, 0.1) is 11.3 Å². The normalized spacial score (nSPS) is 20.2. The van der Waals surface area contributed by atoms with E-state index in [1.807, 2.05) is 25.1 Å². The maximum absolute atomic E-state index is 12.6. The number of carbonyl (C=O) groups is 1. The molecule has 1 aliphatic heterocycles. The van der Waals surface area contributed by atoms with E-state index in [9.17, 15) is 10.1 Å². The molecule has 0 saturated heterocycles. The summed E-state index contributed by atoms with van der Waals surface area (Å²) in [5.74, 6) is -0.0508. The molecule has 0 amide bonds. The molecule has 1 aromatic carbocycles. The lowest BCUT2D eigenvalue weighted by Crippen LogP contribution is -2.30. The number of nitriles is 1. The average molecular weight is 346 g/mol. The predicted molar refractivity (Wildman–Crippen MR) is 99.8 cm³/mol. The van der Waals surface area contributed by atoms with E-state index in [2.05, 4.69) is 35.7 Å². The minimum Gasteiger partial charge on any atom is -0.361 e. The molecule has 25 heavy (non-hydrogen) atoms. The summed E-state index contributed by atoms with van der Waals surface area (Å²) in [5, 5.41) is 13.0. The second-order valence-corrected chi connectivity index (χ2v) is 7.56. The summed E-state index contributed by atoms with van der Waals surface area (Å²) in [7, 11) is 0. The molecule has 0 spiro atoms. The molecule has 0 unspecified atom stereocenters. The summed E-state index contributed by atoms with van der Waals surface area (Å²) in [6.07, 6.45) is 2.34. The van der Waals surface area contributed by atoms with Crippen molar-refractivity contribution in [3.63, 3.8) is 0 Å². The van der Waals surface area contributed by atoms with Gasteiger partial charge in [0, 0.05) is 33.1 Å². The smallest absolute Gasteiger partial charge is 0.161 e. The van der Waals surface area contributed by atoms with Crippen LogP contribution in [0.3, 0.4) is 0 Å². The zero-order valence-corrected chi connectivity index (χ0v) is 14.8. The first kappa shape index (κ1) is 15.9. The number of nitrogens with one attached hydrogen (secondary N) is 1. The molecule has 0 radical (unpaired) electrons. The van der Waals surface area contributed by atoms with Crippen molar-refractivity contribution in [3.8, 4) is 16.5 Å². The summed E-state index contributed by atoms with van der Waals surface area (Å²) >= 11 is 1.67. The first-order chi connectivity index (χ1) is 12.2. The molecule has 1 N–H and O–H groups in total.